The molecule has 8 heteroatoms. The van der Waals surface area contributed by atoms with E-state index < -0.39 is 11.8 Å². The highest BCUT2D eigenvalue weighted by atomic mass is 16.5. The Kier molecular flexibility index (Phi) is 8.02. The second kappa shape index (κ2) is 11.3. The molecule has 0 aliphatic heterocycles. The number of carbonyl (C=O) groups excluding carboxylic acids is 2. The van der Waals surface area contributed by atoms with Crippen molar-refractivity contribution in [1.82, 2.24) is 10.7 Å². The molecule has 0 aliphatic rings. The molecular formula is C26H26N4O4. The molecule has 0 aliphatic carbocycles. The smallest absolute Gasteiger partial charge is 0.287 e. The summed E-state index contributed by atoms with van der Waals surface area (Å²) in [5.41, 5.74) is 4.89. The number of phenolic OH excluding ortho intramolecular Hbond substituents is 1. The maximum atomic E-state index is 12.9. The highest BCUT2D eigenvalue weighted by Crippen LogP contribution is 2.21. The first-order chi connectivity index (χ1) is 16.4. The van der Waals surface area contributed by atoms with E-state index in [9.17, 15) is 14.7 Å². The Morgan fingerprint density at radius 2 is 1.71 bits per heavy atom. The first-order valence-electron chi connectivity index (χ1n) is 10.4. The van der Waals surface area contributed by atoms with Crippen LogP contribution in [0.2, 0.25) is 0 Å². The summed E-state index contributed by atoms with van der Waals surface area (Å²) < 4.78 is 5.13. The molecule has 0 fully saturated rings. The Hall–Kier alpha value is -4.59. The quantitative estimate of drug-likeness (QED) is 0.273. The third-order valence-corrected chi connectivity index (χ3v) is 4.85. The standard InChI is InChI=1S/C26H26N4O4/c1-30(2)21-11-9-18(10-12-21)15-23(28-25(32)19-7-5-4-6-8-19)26(33)29-27-17-20-16-22(34-3)13-14-24(20)31/h4-17,31H,1-3H3,(H,28,32)(H,29,33)/b23-15-,27-17+. The zero-order valence-electron chi connectivity index (χ0n) is 19.1. The minimum absolute atomic E-state index is 0.0125. The van der Waals surface area contributed by atoms with Crippen molar-refractivity contribution < 1.29 is 19.4 Å². The average molecular weight is 459 g/mol. The highest BCUT2D eigenvalue weighted by molar-refractivity contribution is 6.05. The largest absolute Gasteiger partial charge is 0.507 e. The van der Waals surface area contributed by atoms with Gasteiger partial charge in [0.25, 0.3) is 11.8 Å². The summed E-state index contributed by atoms with van der Waals surface area (Å²) in [6.45, 7) is 0. The maximum absolute atomic E-state index is 12.9. The third kappa shape index (κ3) is 6.46. The monoisotopic (exact) mass is 458 g/mol. The Morgan fingerprint density at radius 1 is 1.00 bits per heavy atom. The van der Waals surface area contributed by atoms with Gasteiger partial charge in [0, 0.05) is 30.9 Å². The lowest BCUT2D eigenvalue weighted by Gasteiger charge is -2.12. The fourth-order valence-corrected chi connectivity index (χ4v) is 2.96. The molecule has 3 aromatic rings. The molecule has 0 radical (unpaired) electrons. The van der Waals surface area contributed by atoms with Crippen LogP contribution in [0.5, 0.6) is 11.5 Å². The van der Waals surface area contributed by atoms with E-state index in [1.807, 2.05) is 43.3 Å². The number of nitrogens with zero attached hydrogens (tertiary/aromatic N) is 2. The second-order valence-corrected chi connectivity index (χ2v) is 7.49. The summed E-state index contributed by atoms with van der Waals surface area (Å²) in [6, 6.07) is 20.7. The summed E-state index contributed by atoms with van der Waals surface area (Å²) in [5, 5.41) is 16.5. The molecular weight excluding hydrogens is 432 g/mol. The Morgan fingerprint density at radius 3 is 2.35 bits per heavy atom. The van der Waals surface area contributed by atoms with Gasteiger partial charge in [-0.25, -0.2) is 5.43 Å². The lowest BCUT2D eigenvalue weighted by molar-refractivity contribution is -0.117. The maximum Gasteiger partial charge on any atom is 0.287 e. The van der Waals surface area contributed by atoms with Gasteiger partial charge in [0.05, 0.1) is 13.3 Å². The van der Waals surface area contributed by atoms with E-state index in [2.05, 4.69) is 15.8 Å². The number of hydrogen-bond donors (Lipinski definition) is 3. The number of methoxy groups -OCH3 is 1. The molecule has 0 saturated heterocycles. The molecule has 0 spiro atoms. The van der Waals surface area contributed by atoms with E-state index in [1.54, 1.807) is 48.5 Å². The summed E-state index contributed by atoms with van der Waals surface area (Å²) in [5.74, 6) is -0.545. The van der Waals surface area contributed by atoms with Crippen LogP contribution in [0, 0.1) is 0 Å². The molecule has 8 nitrogen and oxygen atoms in total. The van der Waals surface area contributed by atoms with Gasteiger partial charge in [0.15, 0.2) is 0 Å². The van der Waals surface area contributed by atoms with Crippen LogP contribution in [0.4, 0.5) is 5.69 Å². The van der Waals surface area contributed by atoms with Gasteiger partial charge in [-0.15, -0.1) is 0 Å². The number of hydrogen-bond acceptors (Lipinski definition) is 6. The topological polar surface area (TPSA) is 103 Å². The van der Waals surface area contributed by atoms with Crippen LogP contribution in [-0.4, -0.2) is 44.3 Å². The van der Waals surface area contributed by atoms with Crippen molar-refractivity contribution in [3.63, 3.8) is 0 Å². The van der Waals surface area contributed by atoms with Crippen LogP contribution in [0.25, 0.3) is 6.08 Å². The molecule has 0 aromatic heterocycles. The number of aromatic hydroxyl groups is 1. The molecule has 0 bridgehead atoms. The van der Waals surface area contributed by atoms with E-state index >= 15 is 0 Å². The second-order valence-electron chi connectivity index (χ2n) is 7.49. The van der Waals surface area contributed by atoms with Gasteiger partial charge in [0.1, 0.15) is 17.2 Å². The molecule has 0 unspecified atom stereocenters. The fourth-order valence-electron chi connectivity index (χ4n) is 2.96. The Balaban J connectivity index is 1.83. The van der Waals surface area contributed by atoms with Crippen molar-refractivity contribution in [2.75, 3.05) is 26.1 Å². The van der Waals surface area contributed by atoms with E-state index in [1.165, 1.54) is 19.4 Å². The van der Waals surface area contributed by atoms with Gasteiger partial charge >= 0.3 is 0 Å². The number of benzene rings is 3. The van der Waals surface area contributed by atoms with Crippen LogP contribution in [0.3, 0.4) is 0 Å². The van der Waals surface area contributed by atoms with Gasteiger partial charge < -0.3 is 20.1 Å². The number of anilines is 1. The number of phenols is 1. The molecule has 3 N–H and O–H groups in total. The van der Waals surface area contributed by atoms with E-state index in [0.717, 1.165) is 11.3 Å². The minimum Gasteiger partial charge on any atom is -0.507 e. The molecule has 174 valence electrons. The first-order valence-corrected chi connectivity index (χ1v) is 10.4. The van der Waals surface area contributed by atoms with E-state index in [4.69, 9.17) is 4.74 Å². The number of hydrazone groups is 1. The summed E-state index contributed by atoms with van der Waals surface area (Å²) >= 11 is 0. The zero-order chi connectivity index (χ0) is 24.5. The van der Waals surface area contributed by atoms with Gasteiger partial charge in [-0.1, -0.05) is 30.3 Å². The van der Waals surface area contributed by atoms with Crippen molar-refractivity contribution >= 4 is 29.8 Å². The number of amides is 2. The number of carbonyl (C=O) groups is 2. The van der Waals surface area contributed by atoms with Crippen molar-refractivity contribution in [1.29, 1.82) is 0 Å². The molecule has 3 aromatic carbocycles. The first kappa shape index (κ1) is 24.1. The minimum atomic E-state index is -0.625. The van der Waals surface area contributed by atoms with Gasteiger partial charge in [0.2, 0.25) is 0 Å². The van der Waals surface area contributed by atoms with Gasteiger partial charge in [-0.3, -0.25) is 9.59 Å². The highest BCUT2D eigenvalue weighted by Gasteiger charge is 2.14. The van der Waals surface area contributed by atoms with E-state index in [-0.39, 0.29) is 11.4 Å². The number of nitrogens with one attached hydrogen (secondary N) is 2. The van der Waals surface area contributed by atoms with Gasteiger partial charge in [-0.05, 0) is 54.1 Å². The number of rotatable bonds is 8. The summed E-state index contributed by atoms with van der Waals surface area (Å²) in [7, 11) is 5.37. The molecule has 0 atom stereocenters. The predicted molar refractivity (Wildman–Crippen MR) is 133 cm³/mol. The van der Waals surface area contributed by atoms with Crippen LogP contribution in [0.15, 0.2) is 83.6 Å². The Bertz CT molecular complexity index is 1200. The summed E-state index contributed by atoms with van der Waals surface area (Å²) in [4.78, 5) is 27.5. The van der Waals surface area contributed by atoms with Crippen LogP contribution in [0.1, 0.15) is 21.5 Å². The fraction of sp³-hybridized carbons (Fsp3) is 0.115. The van der Waals surface area contributed by atoms with Crippen molar-refractivity contribution in [2.45, 2.75) is 0 Å². The third-order valence-electron chi connectivity index (χ3n) is 4.85. The number of ether oxygens (including phenoxy) is 1. The molecule has 3 rings (SSSR count). The average Bonchev–Trinajstić information content (AvgIpc) is 2.85. The summed E-state index contributed by atoms with van der Waals surface area (Å²) in [6.07, 6.45) is 2.85. The Labute approximate surface area is 198 Å². The van der Waals surface area contributed by atoms with Crippen LogP contribution < -0.4 is 20.4 Å². The molecule has 0 saturated carbocycles. The zero-order valence-corrected chi connectivity index (χ0v) is 19.1. The SMILES string of the molecule is COc1ccc(O)c(/C=N/NC(=O)/C(=C/c2ccc(N(C)C)cc2)NC(=O)c2ccccc2)c1. The van der Waals surface area contributed by atoms with Crippen molar-refractivity contribution in [3.8, 4) is 11.5 Å². The molecule has 0 heterocycles. The lowest BCUT2D eigenvalue weighted by Crippen LogP contribution is -2.32. The van der Waals surface area contributed by atoms with E-state index in [0.29, 0.717) is 16.9 Å². The van der Waals surface area contributed by atoms with Crippen LogP contribution in [-0.2, 0) is 4.79 Å². The normalized spacial score (nSPS) is 11.2. The molecule has 2 amide bonds. The van der Waals surface area contributed by atoms with Crippen LogP contribution >= 0.6 is 0 Å². The molecule has 34 heavy (non-hydrogen) atoms. The van der Waals surface area contributed by atoms with Gasteiger partial charge in [-0.2, -0.15) is 5.10 Å². The lowest BCUT2D eigenvalue weighted by atomic mass is 10.1. The van der Waals surface area contributed by atoms with Crippen molar-refractivity contribution in [3.05, 3.63) is 95.2 Å². The predicted octanol–water partition coefficient (Wildman–Crippen LogP) is 3.39. The van der Waals surface area contributed by atoms with Crippen molar-refractivity contribution in [2.24, 2.45) is 5.10 Å².